The Morgan fingerprint density at radius 2 is 1.96 bits per heavy atom. The fourth-order valence-corrected chi connectivity index (χ4v) is 3.74. The molecule has 138 valence electrons. The Hall–Kier alpha value is -1.63. The van der Waals surface area contributed by atoms with E-state index in [9.17, 15) is 4.79 Å². The number of rotatable bonds is 7. The van der Waals surface area contributed by atoms with Crippen molar-refractivity contribution in [1.29, 1.82) is 0 Å². The summed E-state index contributed by atoms with van der Waals surface area (Å²) in [5.74, 6) is -0.242. The molecule has 1 aromatic rings. The van der Waals surface area contributed by atoms with Crippen LogP contribution in [0.3, 0.4) is 0 Å². The van der Waals surface area contributed by atoms with Gasteiger partial charge in [-0.25, -0.2) is 0 Å². The third-order valence-corrected chi connectivity index (χ3v) is 5.03. The van der Waals surface area contributed by atoms with Crippen LogP contribution in [-0.4, -0.2) is 68.5 Å². The molecule has 0 saturated carbocycles. The first-order valence-corrected chi connectivity index (χ1v) is 9.27. The second-order valence-corrected chi connectivity index (χ2v) is 7.03. The summed E-state index contributed by atoms with van der Waals surface area (Å²) in [5.41, 5.74) is 2.62. The summed E-state index contributed by atoms with van der Waals surface area (Å²) in [4.78, 5) is 15.5. The summed E-state index contributed by atoms with van der Waals surface area (Å²) in [6.45, 7) is 7.54. The number of morpholine rings is 1. The van der Waals surface area contributed by atoms with E-state index in [2.05, 4.69) is 39.4 Å². The summed E-state index contributed by atoms with van der Waals surface area (Å²) >= 11 is 0. The molecule has 3 rings (SSSR count). The molecule has 25 heavy (non-hydrogen) atoms. The maximum Gasteiger partial charge on any atom is 0.317 e. The molecule has 6 nitrogen and oxygen atoms in total. The van der Waals surface area contributed by atoms with Gasteiger partial charge in [0.2, 0.25) is 0 Å². The summed E-state index contributed by atoms with van der Waals surface area (Å²) in [7, 11) is 0. The molecule has 0 amide bonds. The first kappa shape index (κ1) is 18.2. The number of anilines is 1. The fraction of sp³-hybridized carbons (Fsp3) is 0.632. The maximum absolute atomic E-state index is 10.6. The van der Waals surface area contributed by atoms with Crippen LogP contribution in [0.5, 0.6) is 0 Å². The van der Waals surface area contributed by atoms with E-state index < -0.39 is 5.97 Å². The van der Waals surface area contributed by atoms with Crippen LogP contribution in [0.1, 0.15) is 18.4 Å². The highest BCUT2D eigenvalue weighted by atomic mass is 16.5. The zero-order valence-electron chi connectivity index (χ0n) is 14.8. The smallest absolute Gasteiger partial charge is 0.317 e. The lowest BCUT2D eigenvalue weighted by molar-refractivity contribution is -0.136. The molecule has 2 heterocycles. The van der Waals surface area contributed by atoms with Crippen LogP contribution < -0.4 is 10.2 Å². The van der Waals surface area contributed by atoms with Gasteiger partial charge >= 0.3 is 5.97 Å². The molecule has 0 aliphatic carbocycles. The summed E-state index contributed by atoms with van der Waals surface area (Å²) in [6, 6.07) is 8.90. The highest BCUT2D eigenvalue weighted by Crippen LogP contribution is 2.20. The molecule has 0 radical (unpaired) electrons. The first-order chi connectivity index (χ1) is 12.2. The minimum atomic E-state index is -0.784. The lowest BCUT2D eigenvalue weighted by Gasteiger charge is -2.33. The van der Waals surface area contributed by atoms with E-state index in [-0.39, 0.29) is 6.54 Å². The number of hydrogen-bond acceptors (Lipinski definition) is 5. The number of nitrogens with one attached hydrogen (secondary N) is 1. The maximum atomic E-state index is 10.6. The molecule has 2 saturated heterocycles. The molecule has 1 unspecified atom stereocenters. The van der Waals surface area contributed by atoms with E-state index in [1.54, 1.807) is 0 Å². The van der Waals surface area contributed by atoms with Crippen molar-refractivity contribution < 1.29 is 14.6 Å². The number of aliphatic carboxylic acids is 1. The lowest BCUT2D eigenvalue weighted by Crippen LogP contribution is -2.40. The Labute approximate surface area is 149 Å². The normalized spacial score (nSPS) is 22.1. The third-order valence-electron chi connectivity index (χ3n) is 5.03. The number of ether oxygens (including phenoxy) is 1. The van der Waals surface area contributed by atoms with Crippen molar-refractivity contribution in [1.82, 2.24) is 10.2 Å². The monoisotopic (exact) mass is 347 g/mol. The van der Waals surface area contributed by atoms with Crippen molar-refractivity contribution in [2.75, 3.05) is 57.4 Å². The second kappa shape index (κ2) is 9.17. The largest absolute Gasteiger partial charge is 0.480 e. The van der Waals surface area contributed by atoms with E-state index in [4.69, 9.17) is 9.84 Å². The zero-order valence-corrected chi connectivity index (χ0v) is 14.8. The van der Waals surface area contributed by atoms with Gasteiger partial charge in [0.05, 0.1) is 19.8 Å². The average Bonchev–Trinajstić information content (AvgIpc) is 2.63. The molecule has 1 atom stereocenters. The highest BCUT2D eigenvalue weighted by molar-refractivity contribution is 5.68. The number of nitrogens with zero attached hydrogens (tertiary/aromatic N) is 2. The van der Waals surface area contributed by atoms with Gasteiger partial charge in [0.1, 0.15) is 0 Å². The van der Waals surface area contributed by atoms with Crippen molar-refractivity contribution in [2.45, 2.75) is 19.4 Å². The topological polar surface area (TPSA) is 65.0 Å². The molecule has 0 spiro atoms. The number of carbonyl (C=O) groups is 1. The predicted octanol–water partition coefficient (Wildman–Crippen LogP) is 1.41. The van der Waals surface area contributed by atoms with E-state index in [0.29, 0.717) is 5.92 Å². The molecule has 2 fully saturated rings. The van der Waals surface area contributed by atoms with E-state index >= 15 is 0 Å². The molecule has 1 aromatic carbocycles. The van der Waals surface area contributed by atoms with Crippen molar-refractivity contribution in [3.8, 4) is 0 Å². The standard InChI is InChI=1S/C19H29N3O3/c23-19(24)13-20-12-17-2-1-7-21(15-17)14-16-3-5-18(6-4-16)22-8-10-25-11-9-22/h3-6,17,20H,1-2,7-15H2,(H,23,24). The number of carboxylic acid groups (broad SMARTS) is 1. The Bertz CT molecular complexity index is 543. The minimum Gasteiger partial charge on any atom is -0.480 e. The zero-order chi connectivity index (χ0) is 17.5. The highest BCUT2D eigenvalue weighted by Gasteiger charge is 2.20. The number of piperidine rings is 1. The number of carboxylic acids is 1. The van der Waals surface area contributed by atoms with Crippen molar-refractivity contribution in [3.63, 3.8) is 0 Å². The Morgan fingerprint density at radius 3 is 2.68 bits per heavy atom. The van der Waals surface area contributed by atoms with Gasteiger partial charge in [0.15, 0.2) is 0 Å². The van der Waals surface area contributed by atoms with Gasteiger partial charge in [-0.1, -0.05) is 12.1 Å². The quantitative estimate of drug-likeness (QED) is 0.778. The summed E-state index contributed by atoms with van der Waals surface area (Å²) < 4.78 is 5.41. The van der Waals surface area contributed by atoms with E-state index in [1.807, 2.05) is 0 Å². The molecule has 6 heteroatoms. The second-order valence-electron chi connectivity index (χ2n) is 7.03. The Kier molecular flexibility index (Phi) is 6.67. The van der Waals surface area contributed by atoms with Crippen LogP contribution in [0.4, 0.5) is 5.69 Å². The van der Waals surface area contributed by atoms with Gasteiger partial charge in [-0.05, 0) is 49.5 Å². The van der Waals surface area contributed by atoms with Gasteiger partial charge in [-0.2, -0.15) is 0 Å². The summed E-state index contributed by atoms with van der Waals surface area (Å²) in [5, 5.41) is 11.8. The van der Waals surface area contributed by atoms with Crippen LogP contribution in [0.2, 0.25) is 0 Å². The Balaban J connectivity index is 1.47. The number of benzene rings is 1. The molecular weight excluding hydrogens is 318 g/mol. The van der Waals surface area contributed by atoms with Crippen molar-refractivity contribution in [2.24, 2.45) is 5.92 Å². The van der Waals surface area contributed by atoms with Crippen LogP contribution in [-0.2, 0) is 16.1 Å². The van der Waals surface area contributed by atoms with Gasteiger partial charge < -0.3 is 20.1 Å². The van der Waals surface area contributed by atoms with Gasteiger partial charge in [0.25, 0.3) is 0 Å². The van der Waals surface area contributed by atoms with Crippen molar-refractivity contribution in [3.05, 3.63) is 29.8 Å². The van der Waals surface area contributed by atoms with Crippen molar-refractivity contribution >= 4 is 11.7 Å². The van der Waals surface area contributed by atoms with E-state index in [0.717, 1.165) is 52.5 Å². The van der Waals surface area contributed by atoms with E-state index in [1.165, 1.54) is 24.1 Å². The van der Waals surface area contributed by atoms with Gasteiger partial charge in [0, 0.05) is 31.9 Å². The molecule has 2 N–H and O–H groups in total. The van der Waals surface area contributed by atoms with Crippen LogP contribution >= 0.6 is 0 Å². The minimum absolute atomic E-state index is 0.0551. The average molecular weight is 347 g/mol. The molecule has 2 aliphatic heterocycles. The van der Waals surface area contributed by atoms with Gasteiger partial charge in [-0.3, -0.25) is 9.69 Å². The van der Waals surface area contributed by atoms with Crippen LogP contribution in [0.15, 0.2) is 24.3 Å². The predicted molar refractivity (Wildman–Crippen MR) is 98.0 cm³/mol. The molecular formula is C19H29N3O3. The molecule has 2 aliphatic rings. The fourth-order valence-electron chi connectivity index (χ4n) is 3.74. The summed E-state index contributed by atoms with van der Waals surface area (Å²) in [6.07, 6.45) is 2.37. The molecule has 0 bridgehead atoms. The lowest BCUT2D eigenvalue weighted by atomic mass is 9.97. The van der Waals surface area contributed by atoms with Gasteiger partial charge in [-0.15, -0.1) is 0 Å². The molecule has 0 aromatic heterocycles. The number of hydrogen-bond donors (Lipinski definition) is 2. The SMILES string of the molecule is O=C(O)CNCC1CCCN(Cc2ccc(N3CCOCC3)cc2)C1. The third kappa shape index (κ3) is 5.70. The van der Waals surface area contributed by atoms with Crippen LogP contribution in [0, 0.1) is 5.92 Å². The number of likely N-dealkylation sites (tertiary alicyclic amines) is 1. The van der Waals surface area contributed by atoms with Crippen LogP contribution in [0.25, 0.3) is 0 Å². The Morgan fingerprint density at radius 1 is 1.20 bits per heavy atom. The first-order valence-electron chi connectivity index (χ1n) is 9.27.